The molecule has 5 aromatic carbocycles. The number of halogens is 1. The van der Waals surface area contributed by atoms with Crippen molar-refractivity contribution in [3.8, 4) is 28.5 Å². The van der Waals surface area contributed by atoms with Gasteiger partial charge in [0.1, 0.15) is 29.8 Å². The second-order valence-corrected chi connectivity index (χ2v) is 12.8. The number of fused-ring (bicyclic) bond motifs is 2. The Balaban J connectivity index is 1.11. The summed E-state index contributed by atoms with van der Waals surface area (Å²) in [7, 11) is 0. The highest BCUT2D eigenvalue weighted by Gasteiger charge is 2.32. The highest BCUT2D eigenvalue weighted by molar-refractivity contribution is 5.82. The van der Waals surface area contributed by atoms with E-state index in [9.17, 15) is 14.3 Å². The van der Waals surface area contributed by atoms with Crippen LogP contribution >= 0.6 is 0 Å². The molecule has 1 fully saturated rings. The van der Waals surface area contributed by atoms with E-state index in [-0.39, 0.29) is 17.8 Å². The molecule has 8 rings (SSSR count). The lowest BCUT2D eigenvalue weighted by Gasteiger charge is -2.36. The highest BCUT2D eigenvalue weighted by atomic mass is 19.1. The van der Waals surface area contributed by atoms with Gasteiger partial charge in [-0.15, -0.1) is 0 Å². The molecule has 8 nitrogen and oxygen atoms in total. The molecule has 1 amide bonds. The topological polar surface area (TPSA) is 85.4 Å². The molecule has 9 heteroatoms. The van der Waals surface area contributed by atoms with Gasteiger partial charge in [-0.1, -0.05) is 66.7 Å². The summed E-state index contributed by atoms with van der Waals surface area (Å²) in [5.41, 5.74) is 6.78. The van der Waals surface area contributed by atoms with Crippen LogP contribution in [0.5, 0.6) is 5.75 Å². The van der Waals surface area contributed by atoms with E-state index in [1.54, 1.807) is 12.1 Å². The van der Waals surface area contributed by atoms with E-state index in [0.717, 1.165) is 69.0 Å². The van der Waals surface area contributed by atoms with E-state index in [1.165, 1.54) is 17.0 Å². The van der Waals surface area contributed by atoms with Crippen LogP contribution in [0.2, 0.25) is 0 Å². The molecule has 3 heterocycles. The Morgan fingerprint density at radius 2 is 1.34 bits per heavy atom. The van der Waals surface area contributed by atoms with Crippen molar-refractivity contribution >= 4 is 28.2 Å². The molecule has 2 aromatic heterocycles. The van der Waals surface area contributed by atoms with Crippen LogP contribution in [0.25, 0.3) is 44.8 Å². The summed E-state index contributed by atoms with van der Waals surface area (Å²) in [6.45, 7) is 1.91. The summed E-state index contributed by atoms with van der Waals surface area (Å²) in [5.74, 6) is 2.34. The number of imidazole rings is 2. The SMILES string of the molecule is O=C(O)N1CCC(C(COc2ccc(-c3nc4ccccc4n3Cc3ccc(F)cc3)cc2)n2c(-c3ccccc3)nc3ccccc32)CC1. The van der Waals surface area contributed by atoms with Gasteiger partial charge in [-0.3, -0.25) is 0 Å². The van der Waals surface area contributed by atoms with Gasteiger partial charge in [0, 0.05) is 30.8 Å². The Morgan fingerprint density at radius 1 is 0.740 bits per heavy atom. The Bertz CT molecular complexity index is 2260. The normalized spacial score (nSPS) is 14.3. The van der Waals surface area contributed by atoms with E-state index in [2.05, 4.69) is 33.4 Å². The first-order valence-corrected chi connectivity index (χ1v) is 16.9. The van der Waals surface area contributed by atoms with Crippen LogP contribution < -0.4 is 4.74 Å². The van der Waals surface area contributed by atoms with E-state index in [1.807, 2.05) is 78.9 Å². The molecule has 1 aliphatic heterocycles. The van der Waals surface area contributed by atoms with Gasteiger partial charge in [-0.25, -0.2) is 19.2 Å². The van der Waals surface area contributed by atoms with Crippen molar-refractivity contribution in [2.24, 2.45) is 5.92 Å². The lowest BCUT2D eigenvalue weighted by Crippen LogP contribution is -2.40. The zero-order valence-corrected chi connectivity index (χ0v) is 27.4. The molecule has 1 unspecified atom stereocenters. The van der Waals surface area contributed by atoms with Gasteiger partial charge >= 0.3 is 6.09 Å². The number of carbonyl (C=O) groups is 1. The molecule has 250 valence electrons. The summed E-state index contributed by atoms with van der Waals surface area (Å²) in [6, 6.07) is 40.9. The van der Waals surface area contributed by atoms with Gasteiger partial charge in [-0.05, 0) is 85.0 Å². The monoisotopic (exact) mass is 665 g/mol. The summed E-state index contributed by atoms with van der Waals surface area (Å²) in [4.78, 5) is 23.3. The number of rotatable bonds is 9. The van der Waals surface area contributed by atoms with Gasteiger partial charge in [0.05, 0.1) is 28.1 Å². The minimum atomic E-state index is -0.874. The molecule has 0 radical (unpaired) electrons. The number of ether oxygens (including phenoxy) is 1. The first-order chi connectivity index (χ1) is 24.5. The van der Waals surface area contributed by atoms with Crippen molar-refractivity contribution in [3.05, 3.63) is 139 Å². The maximum atomic E-state index is 13.7. The van der Waals surface area contributed by atoms with Gasteiger partial charge in [0.15, 0.2) is 0 Å². The number of aromatic nitrogens is 4. The van der Waals surface area contributed by atoms with Crippen LogP contribution in [-0.2, 0) is 6.54 Å². The highest BCUT2D eigenvalue weighted by Crippen LogP contribution is 2.37. The number of para-hydroxylation sites is 4. The number of carboxylic acid groups (broad SMARTS) is 1. The molecule has 1 aliphatic rings. The number of amides is 1. The lowest BCUT2D eigenvalue weighted by molar-refractivity contribution is 0.102. The first-order valence-electron chi connectivity index (χ1n) is 16.9. The predicted molar refractivity (Wildman–Crippen MR) is 193 cm³/mol. The molecule has 50 heavy (non-hydrogen) atoms. The number of nitrogens with zero attached hydrogens (tertiary/aromatic N) is 5. The molecular weight excluding hydrogens is 629 g/mol. The fourth-order valence-corrected chi connectivity index (χ4v) is 7.18. The van der Waals surface area contributed by atoms with Crippen LogP contribution in [-0.4, -0.2) is 54.9 Å². The van der Waals surface area contributed by atoms with Crippen molar-refractivity contribution in [1.29, 1.82) is 0 Å². The average molecular weight is 666 g/mol. The molecule has 0 saturated carbocycles. The summed E-state index contributed by atoms with van der Waals surface area (Å²) >= 11 is 0. The first kappa shape index (κ1) is 31.3. The largest absolute Gasteiger partial charge is 0.491 e. The summed E-state index contributed by atoms with van der Waals surface area (Å²) in [5, 5.41) is 9.65. The van der Waals surface area contributed by atoms with Crippen LogP contribution in [0.15, 0.2) is 127 Å². The van der Waals surface area contributed by atoms with Gasteiger partial charge in [0.25, 0.3) is 0 Å². The van der Waals surface area contributed by atoms with E-state index >= 15 is 0 Å². The van der Waals surface area contributed by atoms with Crippen LogP contribution in [0.4, 0.5) is 9.18 Å². The summed E-state index contributed by atoms with van der Waals surface area (Å²) < 4.78 is 24.7. The van der Waals surface area contributed by atoms with E-state index in [0.29, 0.717) is 26.2 Å². The quantitative estimate of drug-likeness (QED) is 0.166. The Labute approximate surface area is 289 Å². The van der Waals surface area contributed by atoms with Gasteiger partial charge < -0.3 is 23.9 Å². The standard InChI is InChI=1S/C41H36FN5O3/c42-32-18-14-28(15-19-32)26-46-36-12-6-4-10-34(36)43-39(46)31-16-20-33(21-17-31)50-27-38(29-22-24-45(25-23-29)41(48)49)47-37-13-7-5-11-35(37)44-40(47)30-8-2-1-3-9-30/h1-21,29,38H,22-27H2,(H,48,49). The third kappa shape index (κ3) is 6.18. The van der Waals surface area contributed by atoms with Crippen molar-refractivity contribution < 1.29 is 19.0 Å². The van der Waals surface area contributed by atoms with Gasteiger partial charge in [0.2, 0.25) is 0 Å². The molecule has 7 aromatic rings. The second-order valence-electron chi connectivity index (χ2n) is 12.8. The Hall–Kier alpha value is -5.96. The van der Waals surface area contributed by atoms with Crippen molar-refractivity contribution in [1.82, 2.24) is 24.0 Å². The fraction of sp³-hybridized carbons (Fsp3) is 0.195. The van der Waals surface area contributed by atoms with Crippen LogP contribution in [0, 0.1) is 11.7 Å². The maximum Gasteiger partial charge on any atom is 0.407 e. The summed E-state index contributed by atoms with van der Waals surface area (Å²) in [6.07, 6.45) is 0.578. The minimum Gasteiger partial charge on any atom is -0.491 e. The third-order valence-corrected chi connectivity index (χ3v) is 9.76. The average Bonchev–Trinajstić information content (AvgIpc) is 3.72. The Morgan fingerprint density at radius 3 is 2.04 bits per heavy atom. The van der Waals surface area contributed by atoms with Crippen LogP contribution in [0.3, 0.4) is 0 Å². The molecule has 0 spiro atoms. The molecular formula is C41H36FN5O3. The Kier molecular flexibility index (Phi) is 8.46. The number of hydrogen-bond donors (Lipinski definition) is 1. The second kappa shape index (κ2) is 13.5. The molecule has 0 aliphatic carbocycles. The molecule has 1 N–H and O–H groups in total. The number of piperidine rings is 1. The van der Waals surface area contributed by atoms with Crippen molar-refractivity contribution in [2.45, 2.75) is 25.4 Å². The number of hydrogen-bond acceptors (Lipinski definition) is 4. The molecule has 1 saturated heterocycles. The van der Waals surface area contributed by atoms with Crippen molar-refractivity contribution in [2.75, 3.05) is 19.7 Å². The predicted octanol–water partition coefficient (Wildman–Crippen LogP) is 8.92. The minimum absolute atomic E-state index is 0.0897. The van der Waals surface area contributed by atoms with Crippen molar-refractivity contribution in [3.63, 3.8) is 0 Å². The lowest BCUT2D eigenvalue weighted by atomic mass is 9.89. The molecule has 0 bridgehead atoms. The maximum absolute atomic E-state index is 13.7. The van der Waals surface area contributed by atoms with Crippen LogP contribution in [0.1, 0.15) is 24.4 Å². The molecule has 1 atom stereocenters. The smallest absolute Gasteiger partial charge is 0.407 e. The van der Waals surface area contributed by atoms with Gasteiger partial charge in [-0.2, -0.15) is 0 Å². The zero-order chi connectivity index (χ0) is 34.0. The number of benzene rings is 5. The van der Waals surface area contributed by atoms with E-state index < -0.39 is 6.09 Å². The third-order valence-electron chi connectivity index (χ3n) is 9.76. The number of likely N-dealkylation sites (tertiary alicyclic amines) is 1. The fourth-order valence-electron chi connectivity index (χ4n) is 7.18. The zero-order valence-electron chi connectivity index (χ0n) is 27.4. The van der Waals surface area contributed by atoms with E-state index in [4.69, 9.17) is 14.7 Å².